The first-order valence-corrected chi connectivity index (χ1v) is 6.90. The number of hydrogen-bond acceptors (Lipinski definition) is 2. The zero-order chi connectivity index (χ0) is 15.4. The minimum atomic E-state index is -1.11. The van der Waals surface area contributed by atoms with E-state index >= 15 is 0 Å². The largest absolute Gasteiger partial charge is 0.478 e. The van der Waals surface area contributed by atoms with Gasteiger partial charge < -0.3 is 9.84 Å². The number of aryl methyl sites for hydroxylation is 1. The maximum Gasteiger partial charge on any atom is 0.328 e. The van der Waals surface area contributed by atoms with Crippen molar-refractivity contribution in [2.45, 2.75) is 6.92 Å². The van der Waals surface area contributed by atoms with Gasteiger partial charge in [-0.05, 0) is 42.8 Å². The molecule has 0 saturated carbocycles. The van der Waals surface area contributed by atoms with Crippen molar-refractivity contribution < 1.29 is 19.0 Å². The summed E-state index contributed by atoms with van der Waals surface area (Å²) in [7, 11) is 0. The Morgan fingerprint density at radius 3 is 2.76 bits per heavy atom. The van der Waals surface area contributed by atoms with E-state index in [9.17, 15) is 9.18 Å². The van der Waals surface area contributed by atoms with Gasteiger partial charge in [0.15, 0.2) is 11.6 Å². The van der Waals surface area contributed by atoms with Crippen LogP contribution < -0.4 is 4.74 Å². The first-order valence-electron chi connectivity index (χ1n) is 6.11. The number of carbonyl (C=O) groups is 1. The van der Waals surface area contributed by atoms with E-state index in [0.717, 1.165) is 16.1 Å². The van der Waals surface area contributed by atoms with Gasteiger partial charge in [-0.1, -0.05) is 28.1 Å². The number of carboxylic acid groups (broad SMARTS) is 1. The Hall–Kier alpha value is -2.14. The third kappa shape index (κ3) is 3.92. The van der Waals surface area contributed by atoms with Crippen LogP contribution in [0.4, 0.5) is 4.39 Å². The highest BCUT2D eigenvalue weighted by molar-refractivity contribution is 9.10. The van der Waals surface area contributed by atoms with Gasteiger partial charge in [0.1, 0.15) is 5.75 Å². The van der Waals surface area contributed by atoms with Gasteiger partial charge in [-0.3, -0.25) is 0 Å². The van der Waals surface area contributed by atoms with E-state index in [1.807, 2.05) is 13.0 Å². The molecule has 0 aliphatic carbocycles. The molecular formula is C16H12BrFO3. The third-order valence-corrected chi connectivity index (χ3v) is 3.25. The molecule has 0 heterocycles. The number of rotatable bonds is 4. The highest BCUT2D eigenvalue weighted by Crippen LogP contribution is 2.32. The third-order valence-electron chi connectivity index (χ3n) is 2.75. The number of benzene rings is 2. The summed E-state index contributed by atoms with van der Waals surface area (Å²) in [5.74, 6) is -1.15. The summed E-state index contributed by atoms with van der Waals surface area (Å²) in [5, 5.41) is 8.67. The van der Waals surface area contributed by atoms with Gasteiger partial charge in [0.05, 0.1) is 0 Å². The lowest BCUT2D eigenvalue weighted by Crippen LogP contribution is -1.94. The predicted molar refractivity (Wildman–Crippen MR) is 82.0 cm³/mol. The van der Waals surface area contributed by atoms with Crippen LogP contribution in [0.2, 0.25) is 0 Å². The van der Waals surface area contributed by atoms with E-state index in [0.29, 0.717) is 11.3 Å². The fourth-order valence-electron chi connectivity index (χ4n) is 1.76. The monoisotopic (exact) mass is 350 g/mol. The Kier molecular flexibility index (Phi) is 4.75. The van der Waals surface area contributed by atoms with E-state index in [4.69, 9.17) is 9.84 Å². The Morgan fingerprint density at radius 2 is 2.10 bits per heavy atom. The van der Waals surface area contributed by atoms with E-state index < -0.39 is 11.8 Å². The smallest absolute Gasteiger partial charge is 0.328 e. The second-order valence-corrected chi connectivity index (χ2v) is 5.26. The van der Waals surface area contributed by atoms with Crippen LogP contribution in [-0.4, -0.2) is 11.1 Å². The molecule has 0 fully saturated rings. The topological polar surface area (TPSA) is 46.5 Å². The normalized spacial score (nSPS) is 10.8. The molecule has 1 N–H and O–H groups in total. The quantitative estimate of drug-likeness (QED) is 0.806. The summed E-state index contributed by atoms with van der Waals surface area (Å²) in [6.45, 7) is 1.84. The van der Waals surface area contributed by atoms with E-state index in [2.05, 4.69) is 15.9 Å². The van der Waals surface area contributed by atoms with Gasteiger partial charge >= 0.3 is 5.97 Å². The Balaban J connectivity index is 2.41. The van der Waals surface area contributed by atoms with Crippen molar-refractivity contribution in [3.8, 4) is 11.5 Å². The predicted octanol–water partition coefficient (Wildman–Crippen LogP) is 4.79. The standard InChI is InChI=1S/C16H12BrFO3/c1-10-9-12(17)6-7-14(10)21-16-11(5-8-15(19)20)3-2-4-13(16)18/h2-9H,1H3,(H,19,20)/b8-5+. The molecule has 0 aromatic heterocycles. The van der Waals surface area contributed by atoms with Gasteiger partial charge in [-0.15, -0.1) is 0 Å². The zero-order valence-corrected chi connectivity index (χ0v) is 12.7. The molecule has 0 spiro atoms. The van der Waals surface area contributed by atoms with Crippen LogP contribution >= 0.6 is 15.9 Å². The van der Waals surface area contributed by atoms with Crippen LogP contribution in [-0.2, 0) is 4.79 Å². The molecule has 0 aliphatic heterocycles. The molecule has 0 unspecified atom stereocenters. The molecule has 0 bridgehead atoms. The van der Waals surface area contributed by atoms with Crippen molar-refractivity contribution in [3.63, 3.8) is 0 Å². The minimum Gasteiger partial charge on any atom is -0.478 e. The number of aliphatic carboxylic acids is 1. The van der Waals surface area contributed by atoms with Gasteiger partial charge in [-0.2, -0.15) is 0 Å². The molecule has 3 nitrogen and oxygen atoms in total. The number of hydrogen-bond donors (Lipinski definition) is 1. The lowest BCUT2D eigenvalue weighted by atomic mass is 10.1. The van der Waals surface area contributed by atoms with E-state index in [1.54, 1.807) is 18.2 Å². The first kappa shape index (κ1) is 15.3. The van der Waals surface area contributed by atoms with Gasteiger partial charge in [0.2, 0.25) is 0 Å². The second kappa shape index (κ2) is 6.54. The second-order valence-electron chi connectivity index (χ2n) is 4.34. The van der Waals surface area contributed by atoms with Crippen LogP contribution in [0, 0.1) is 12.7 Å². The Bertz CT molecular complexity index is 711. The van der Waals surface area contributed by atoms with Gasteiger partial charge in [0.25, 0.3) is 0 Å². The molecule has 0 amide bonds. The SMILES string of the molecule is Cc1cc(Br)ccc1Oc1c(F)cccc1/C=C/C(=O)O. The van der Waals surface area contributed by atoms with Crippen molar-refractivity contribution in [2.24, 2.45) is 0 Å². The number of carboxylic acids is 1. The maximum atomic E-state index is 14.0. The fourth-order valence-corrected chi connectivity index (χ4v) is 2.24. The van der Waals surface area contributed by atoms with E-state index in [-0.39, 0.29) is 5.75 Å². The summed E-state index contributed by atoms with van der Waals surface area (Å²) >= 11 is 3.35. The highest BCUT2D eigenvalue weighted by Gasteiger charge is 2.11. The summed E-state index contributed by atoms with van der Waals surface area (Å²) in [6, 6.07) is 9.71. The minimum absolute atomic E-state index is 0.000391. The molecule has 108 valence electrons. The Labute approximate surface area is 129 Å². The average molecular weight is 351 g/mol. The molecule has 5 heteroatoms. The number of para-hydroxylation sites is 1. The van der Waals surface area contributed by atoms with Gasteiger partial charge in [-0.25, -0.2) is 9.18 Å². The Morgan fingerprint density at radius 1 is 1.33 bits per heavy atom. The molecule has 2 rings (SSSR count). The molecule has 21 heavy (non-hydrogen) atoms. The van der Waals surface area contributed by atoms with Crippen LogP contribution in [0.5, 0.6) is 11.5 Å². The van der Waals surface area contributed by atoms with Crippen LogP contribution in [0.25, 0.3) is 6.08 Å². The summed E-state index contributed by atoms with van der Waals surface area (Å²) in [6.07, 6.45) is 2.24. The summed E-state index contributed by atoms with van der Waals surface area (Å²) in [5.41, 5.74) is 1.19. The van der Waals surface area contributed by atoms with Crippen LogP contribution in [0.1, 0.15) is 11.1 Å². The first-order chi connectivity index (χ1) is 9.97. The van der Waals surface area contributed by atoms with E-state index in [1.165, 1.54) is 18.2 Å². The average Bonchev–Trinajstić information content (AvgIpc) is 2.42. The molecule has 0 aliphatic rings. The fraction of sp³-hybridized carbons (Fsp3) is 0.0625. The molecule has 2 aromatic carbocycles. The molecule has 2 aromatic rings. The lowest BCUT2D eigenvalue weighted by Gasteiger charge is -2.12. The molecule has 0 atom stereocenters. The molecule has 0 saturated heterocycles. The summed E-state index contributed by atoms with van der Waals surface area (Å²) < 4.78 is 20.5. The lowest BCUT2D eigenvalue weighted by molar-refractivity contribution is -0.131. The van der Waals surface area contributed by atoms with Crippen LogP contribution in [0.15, 0.2) is 46.9 Å². The zero-order valence-electron chi connectivity index (χ0n) is 11.1. The van der Waals surface area contributed by atoms with Crippen molar-refractivity contribution in [3.05, 3.63) is 63.9 Å². The molecular weight excluding hydrogens is 339 g/mol. The van der Waals surface area contributed by atoms with Crippen molar-refractivity contribution in [1.82, 2.24) is 0 Å². The van der Waals surface area contributed by atoms with Crippen molar-refractivity contribution in [1.29, 1.82) is 0 Å². The van der Waals surface area contributed by atoms with Crippen molar-refractivity contribution >= 4 is 28.0 Å². The van der Waals surface area contributed by atoms with Gasteiger partial charge in [0, 0.05) is 16.1 Å². The number of ether oxygens (including phenoxy) is 1. The summed E-state index contributed by atoms with van der Waals surface area (Å²) in [4.78, 5) is 10.6. The van der Waals surface area contributed by atoms with Crippen molar-refractivity contribution in [2.75, 3.05) is 0 Å². The van der Waals surface area contributed by atoms with Crippen LogP contribution in [0.3, 0.4) is 0 Å². The number of halogens is 2. The highest BCUT2D eigenvalue weighted by atomic mass is 79.9. The maximum absolute atomic E-state index is 14.0. The molecule has 0 radical (unpaired) electrons.